The van der Waals surface area contributed by atoms with E-state index in [9.17, 15) is 14.7 Å². The van der Waals surface area contributed by atoms with E-state index in [1.54, 1.807) is 49.8 Å². The van der Waals surface area contributed by atoms with Crippen molar-refractivity contribution >= 4 is 17.6 Å². The first-order valence-electron chi connectivity index (χ1n) is 7.98. The van der Waals surface area contributed by atoms with Gasteiger partial charge in [0.15, 0.2) is 0 Å². The number of hydrogen-bond acceptors (Lipinski definition) is 3. The number of nitrogens with one attached hydrogen (secondary N) is 1. The van der Waals surface area contributed by atoms with Crippen molar-refractivity contribution in [2.24, 2.45) is 7.05 Å². The van der Waals surface area contributed by atoms with E-state index in [2.05, 4.69) is 10.4 Å². The smallest absolute Gasteiger partial charge is 0.313 e. The molecule has 1 saturated carbocycles. The van der Waals surface area contributed by atoms with Gasteiger partial charge in [-0.1, -0.05) is 12.1 Å². The average molecular weight is 327 g/mol. The number of nitrogens with zero attached hydrogens (tertiary/aromatic N) is 2. The van der Waals surface area contributed by atoms with E-state index in [4.69, 9.17) is 0 Å². The first kappa shape index (κ1) is 16.2. The fourth-order valence-corrected chi connectivity index (χ4v) is 2.57. The molecule has 6 heteroatoms. The molecular formula is C18H21N3O3. The molecule has 126 valence electrons. The highest BCUT2D eigenvalue weighted by Gasteiger charge is 2.30. The summed E-state index contributed by atoms with van der Waals surface area (Å²) in [5.74, 6) is -0.612. The lowest BCUT2D eigenvalue weighted by Crippen LogP contribution is -2.28. The van der Waals surface area contributed by atoms with Crippen LogP contribution >= 0.6 is 0 Å². The second-order valence-corrected chi connectivity index (χ2v) is 6.81. The Bertz CT molecular complexity index is 786. The predicted octanol–water partition coefficient (Wildman–Crippen LogP) is 2.91. The van der Waals surface area contributed by atoms with Crippen LogP contribution in [0.5, 0.6) is 0 Å². The molecule has 1 aromatic carbocycles. The Kier molecular flexibility index (Phi) is 3.91. The van der Waals surface area contributed by atoms with Gasteiger partial charge in [0.2, 0.25) is 0 Å². The predicted molar refractivity (Wildman–Crippen MR) is 90.2 cm³/mol. The molecule has 2 aromatic rings. The fourth-order valence-electron chi connectivity index (χ4n) is 2.57. The summed E-state index contributed by atoms with van der Waals surface area (Å²) in [5.41, 5.74) is 1.83. The summed E-state index contributed by atoms with van der Waals surface area (Å²) in [4.78, 5) is 23.7. The third-order valence-electron chi connectivity index (χ3n) is 4.53. The van der Waals surface area contributed by atoms with E-state index in [1.807, 2.05) is 6.07 Å². The average Bonchev–Trinajstić information content (AvgIpc) is 3.30. The van der Waals surface area contributed by atoms with Crippen molar-refractivity contribution in [1.29, 1.82) is 0 Å². The minimum atomic E-state index is -0.969. The zero-order valence-electron chi connectivity index (χ0n) is 14.0. The standard InChI is InChI=1S/C18H21N3O3/c1-18(2,17(23)24)12-6-8-13(9-7-12)19-16(22)15-10-14(11-4-5-11)20-21(15)3/h6-11H,4-5H2,1-3H3,(H,19,22)(H,23,24). The van der Waals surface area contributed by atoms with Crippen molar-refractivity contribution < 1.29 is 14.7 Å². The maximum absolute atomic E-state index is 12.4. The van der Waals surface area contributed by atoms with Gasteiger partial charge in [0.1, 0.15) is 5.69 Å². The number of carbonyl (C=O) groups excluding carboxylic acids is 1. The van der Waals surface area contributed by atoms with E-state index < -0.39 is 11.4 Å². The molecule has 1 aliphatic rings. The second kappa shape index (κ2) is 5.78. The molecule has 1 amide bonds. The molecule has 0 saturated heterocycles. The molecule has 0 bridgehead atoms. The Hall–Kier alpha value is -2.63. The molecule has 3 rings (SSSR count). The van der Waals surface area contributed by atoms with Crippen LogP contribution in [0.3, 0.4) is 0 Å². The van der Waals surface area contributed by atoms with Crippen molar-refractivity contribution in [1.82, 2.24) is 9.78 Å². The first-order chi connectivity index (χ1) is 11.3. The summed E-state index contributed by atoms with van der Waals surface area (Å²) in [7, 11) is 1.76. The second-order valence-electron chi connectivity index (χ2n) is 6.81. The van der Waals surface area contributed by atoms with Gasteiger partial charge in [0.05, 0.1) is 11.1 Å². The summed E-state index contributed by atoms with van der Waals surface area (Å²) in [5, 5.41) is 16.5. The van der Waals surface area contributed by atoms with E-state index >= 15 is 0 Å². The zero-order chi connectivity index (χ0) is 17.5. The van der Waals surface area contributed by atoms with Crippen molar-refractivity contribution in [3.05, 3.63) is 47.3 Å². The number of aryl methyl sites for hydroxylation is 1. The summed E-state index contributed by atoms with van der Waals surface area (Å²) in [6.45, 7) is 3.30. The SMILES string of the molecule is Cn1nc(C2CC2)cc1C(=O)Nc1ccc(C(C)(C)C(=O)O)cc1. The molecule has 1 heterocycles. The van der Waals surface area contributed by atoms with Crippen LogP contribution in [0.4, 0.5) is 5.69 Å². The number of hydrogen-bond donors (Lipinski definition) is 2. The molecule has 24 heavy (non-hydrogen) atoms. The van der Waals surface area contributed by atoms with Gasteiger partial charge >= 0.3 is 5.97 Å². The fraction of sp³-hybridized carbons (Fsp3) is 0.389. The number of carboxylic acids is 1. The van der Waals surface area contributed by atoms with Crippen molar-refractivity contribution in [3.8, 4) is 0 Å². The van der Waals surface area contributed by atoms with Crippen molar-refractivity contribution in [3.63, 3.8) is 0 Å². The van der Waals surface area contributed by atoms with Gasteiger partial charge in [0, 0.05) is 18.7 Å². The van der Waals surface area contributed by atoms with Crippen molar-refractivity contribution in [2.45, 2.75) is 38.0 Å². The largest absolute Gasteiger partial charge is 0.481 e. The molecular weight excluding hydrogens is 306 g/mol. The van der Waals surface area contributed by atoms with Gasteiger partial charge in [-0.3, -0.25) is 14.3 Å². The lowest BCUT2D eigenvalue weighted by molar-refractivity contribution is -0.142. The zero-order valence-corrected chi connectivity index (χ0v) is 14.0. The topological polar surface area (TPSA) is 84.2 Å². The molecule has 0 aliphatic heterocycles. The van der Waals surface area contributed by atoms with Crippen LogP contribution < -0.4 is 5.32 Å². The highest BCUT2D eigenvalue weighted by Crippen LogP contribution is 2.39. The normalized spacial score (nSPS) is 14.5. The summed E-state index contributed by atoms with van der Waals surface area (Å²) >= 11 is 0. The van der Waals surface area contributed by atoms with Gasteiger partial charge in [-0.15, -0.1) is 0 Å². The first-order valence-corrected chi connectivity index (χ1v) is 7.98. The monoisotopic (exact) mass is 327 g/mol. The van der Waals surface area contributed by atoms with Gasteiger partial charge in [0.25, 0.3) is 5.91 Å². The van der Waals surface area contributed by atoms with Gasteiger partial charge in [-0.25, -0.2) is 0 Å². The lowest BCUT2D eigenvalue weighted by atomic mass is 9.85. The van der Waals surface area contributed by atoms with Crippen LogP contribution in [0, 0.1) is 0 Å². The van der Waals surface area contributed by atoms with Gasteiger partial charge in [-0.05, 0) is 50.5 Å². The number of aromatic nitrogens is 2. The van der Waals surface area contributed by atoms with E-state index in [0.29, 0.717) is 22.9 Å². The van der Waals surface area contributed by atoms with E-state index in [1.165, 1.54) is 0 Å². The Balaban J connectivity index is 1.74. The Morgan fingerprint density at radius 3 is 2.42 bits per heavy atom. The minimum Gasteiger partial charge on any atom is -0.481 e. The third-order valence-corrected chi connectivity index (χ3v) is 4.53. The lowest BCUT2D eigenvalue weighted by Gasteiger charge is -2.19. The molecule has 6 nitrogen and oxygen atoms in total. The van der Waals surface area contributed by atoms with Crippen LogP contribution in [0.15, 0.2) is 30.3 Å². The number of anilines is 1. The van der Waals surface area contributed by atoms with Crippen molar-refractivity contribution in [2.75, 3.05) is 5.32 Å². The quantitative estimate of drug-likeness (QED) is 0.884. The van der Waals surface area contributed by atoms with E-state index in [-0.39, 0.29) is 5.91 Å². The van der Waals surface area contributed by atoms with E-state index in [0.717, 1.165) is 18.5 Å². The van der Waals surface area contributed by atoms with Gasteiger partial charge in [-0.2, -0.15) is 5.10 Å². The molecule has 1 aliphatic carbocycles. The molecule has 0 radical (unpaired) electrons. The Labute approximate surface area is 140 Å². The molecule has 0 unspecified atom stereocenters. The maximum atomic E-state index is 12.4. The highest BCUT2D eigenvalue weighted by atomic mass is 16.4. The van der Waals surface area contributed by atoms with Crippen LogP contribution in [0.25, 0.3) is 0 Å². The number of carbonyl (C=O) groups is 2. The minimum absolute atomic E-state index is 0.220. The molecule has 1 aromatic heterocycles. The van der Waals surface area contributed by atoms with Crippen LogP contribution in [-0.4, -0.2) is 26.8 Å². The Morgan fingerprint density at radius 2 is 1.88 bits per heavy atom. The summed E-state index contributed by atoms with van der Waals surface area (Å²) < 4.78 is 1.60. The Morgan fingerprint density at radius 1 is 1.25 bits per heavy atom. The highest BCUT2D eigenvalue weighted by molar-refractivity contribution is 6.03. The molecule has 2 N–H and O–H groups in total. The summed E-state index contributed by atoms with van der Waals surface area (Å²) in [6, 6.07) is 8.73. The number of rotatable bonds is 5. The number of benzene rings is 1. The van der Waals surface area contributed by atoms with Gasteiger partial charge < -0.3 is 10.4 Å². The number of amides is 1. The molecule has 0 atom stereocenters. The maximum Gasteiger partial charge on any atom is 0.313 e. The van der Waals surface area contributed by atoms with Crippen LogP contribution in [-0.2, 0) is 17.3 Å². The van der Waals surface area contributed by atoms with Crippen LogP contribution in [0.2, 0.25) is 0 Å². The number of aliphatic carboxylic acids is 1. The summed E-state index contributed by atoms with van der Waals surface area (Å²) in [6.07, 6.45) is 2.28. The number of carboxylic acid groups (broad SMARTS) is 1. The molecule has 0 spiro atoms. The molecule has 1 fully saturated rings. The van der Waals surface area contributed by atoms with Crippen LogP contribution in [0.1, 0.15) is 54.4 Å². The third kappa shape index (κ3) is 3.04.